The fourth-order valence-corrected chi connectivity index (χ4v) is 4.20. The largest absolute Gasteiger partial charge is 0.360 e. The van der Waals surface area contributed by atoms with Gasteiger partial charge in [0.2, 0.25) is 0 Å². The van der Waals surface area contributed by atoms with Crippen LogP contribution in [0.5, 0.6) is 0 Å². The number of hydrogen-bond acceptors (Lipinski definition) is 3. The maximum absolute atomic E-state index is 13.0. The molecule has 6 nitrogen and oxygen atoms in total. The van der Waals surface area contributed by atoms with Gasteiger partial charge in [-0.25, -0.2) is 4.79 Å². The number of carbonyl (C=O) groups excluding carboxylic acids is 3. The lowest BCUT2D eigenvalue weighted by molar-refractivity contribution is -0.134. The van der Waals surface area contributed by atoms with Gasteiger partial charge in [0, 0.05) is 29.7 Å². The minimum Gasteiger partial charge on any atom is -0.360 e. The Kier molecular flexibility index (Phi) is 3.63. The summed E-state index contributed by atoms with van der Waals surface area (Å²) >= 11 is 0. The molecule has 2 fully saturated rings. The highest BCUT2D eigenvalue weighted by Crippen LogP contribution is 2.39. The zero-order chi connectivity index (χ0) is 17.6. The van der Waals surface area contributed by atoms with Crippen LogP contribution in [0.15, 0.2) is 30.5 Å². The molecule has 25 heavy (non-hydrogen) atoms. The van der Waals surface area contributed by atoms with Crippen LogP contribution in [0.1, 0.15) is 42.5 Å². The zero-order valence-electron chi connectivity index (χ0n) is 14.2. The molecule has 0 radical (unpaired) electrons. The van der Waals surface area contributed by atoms with Gasteiger partial charge in [-0.15, -0.1) is 0 Å². The molecule has 2 heterocycles. The van der Waals surface area contributed by atoms with Crippen molar-refractivity contribution in [2.24, 2.45) is 0 Å². The molecule has 130 valence electrons. The number of amides is 3. The van der Waals surface area contributed by atoms with Crippen molar-refractivity contribution in [2.75, 3.05) is 13.6 Å². The van der Waals surface area contributed by atoms with E-state index < -0.39 is 5.54 Å². The Morgan fingerprint density at radius 1 is 1.16 bits per heavy atom. The summed E-state index contributed by atoms with van der Waals surface area (Å²) < 4.78 is 0. The number of para-hydroxylation sites is 1. The second kappa shape index (κ2) is 5.72. The molecule has 1 aromatic carbocycles. The Morgan fingerprint density at radius 3 is 2.64 bits per heavy atom. The first kappa shape index (κ1) is 15.9. The third-order valence-electron chi connectivity index (χ3n) is 5.68. The number of imide groups is 1. The van der Waals surface area contributed by atoms with E-state index in [0.717, 1.165) is 35.1 Å². The molecule has 0 bridgehead atoms. The van der Waals surface area contributed by atoms with Gasteiger partial charge >= 0.3 is 6.03 Å². The number of Topliss-reactive ketones (excluding diaryl/α,β-unsaturated/α-hetero) is 1. The average Bonchev–Trinajstić information content (AvgIpc) is 3.14. The highest BCUT2D eigenvalue weighted by molar-refractivity contribution is 6.14. The molecule has 1 saturated heterocycles. The van der Waals surface area contributed by atoms with Gasteiger partial charge in [0.25, 0.3) is 5.91 Å². The standard InChI is InChI=1S/C19H21N3O3/c1-21-18(25)22(17(24)19(21)9-5-2-6-10-19)12-16(23)14-11-20-15-8-4-3-7-13(14)15/h3-4,7-8,11,20H,2,5-6,9-10,12H2,1H3. The molecule has 2 aromatic rings. The van der Waals surface area contributed by atoms with Crippen molar-refractivity contribution in [3.8, 4) is 0 Å². The summed E-state index contributed by atoms with van der Waals surface area (Å²) in [5.74, 6) is -0.437. The molecular weight excluding hydrogens is 318 g/mol. The summed E-state index contributed by atoms with van der Waals surface area (Å²) in [6.07, 6.45) is 5.99. The Bertz CT molecular complexity index is 864. The number of H-pyrrole nitrogens is 1. The Hall–Kier alpha value is -2.63. The summed E-state index contributed by atoms with van der Waals surface area (Å²) in [5.41, 5.74) is 0.643. The van der Waals surface area contributed by atoms with E-state index in [0.29, 0.717) is 18.4 Å². The van der Waals surface area contributed by atoms with Crippen molar-refractivity contribution < 1.29 is 14.4 Å². The second-order valence-corrected chi connectivity index (χ2v) is 7.00. The summed E-state index contributed by atoms with van der Waals surface area (Å²) in [4.78, 5) is 44.1. The lowest BCUT2D eigenvalue weighted by Crippen LogP contribution is -2.49. The molecule has 4 rings (SSSR count). The molecule has 1 spiro atoms. The van der Waals surface area contributed by atoms with Crippen LogP contribution < -0.4 is 0 Å². The van der Waals surface area contributed by atoms with Crippen LogP contribution in [-0.2, 0) is 4.79 Å². The number of rotatable bonds is 3. The summed E-state index contributed by atoms with van der Waals surface area (Å²) in [6.45, 7) is -0.203. The van der Waals surface area contributed by atoms with E-state index in [2.05, 4.69) is 4.98 Å². The fourth-order valence-electron chi connectivity index (χ4n) is 4.20. The van der Waals surface area contributed by atoms with Crippen molar-refractivity contribution >= 4 is 28.6 Å². The first-order valence-electron chi connectivity index (χ1n) is 8.74. The van der Waals surface area contributed by atoms with E-state index >= 15 is 0 Å². The van der Waals surface area contributed by atoms with Crippen molar-refractivity contribution in [2.45, 2.75) is 37.6 Å². The van der Waals surface area contributed by atoms with E-state index in [-0.39, 0.29) is 24.3 Å². The van der Waals surface area contributed by atoms with Gasteiger partial charge in [-0.3, -0.25) is 14.5 Å². The number of fused-ring (bicyclic) bond motifs is 1. The second-order valence-electron chi connectivity index (χ2n) is 7.00. The Balaban J connectivity index is 1.61. The zero-order valence-corrected chi connectivity index (χ0v) is 14.2. The smallest absolute Gasteiger partial charge is 0.327 e. The van der Waals surface area contributed by atoms with Crippen LogP contribution in [0, 0.1) is 0 Å². The number of nitrogens with one attached hydrogen (secondary N) is 1. The van der Waals surface area contributed by atoms with Gasteiger partial charge in [-0.05, 0) is 18.9 Å². The predicted octanol–water partition coefficient (Wildman–Crippen LogP) is 2.95. The first-order valence-corrected chi connectivity index (χ1v) is 8.74. The highest BCUT2D eigenvalue weighted by Gasteiger charge is 2.55. The van der Waals surface area contributed by atoms with Gasteiger partial charge in [0.1, 0.15) is 5.54 Å². The number of hydrogen-bond donors (Lipinski definition) is 1. The van der Waals surface area contributed by atoms with Gasteiger partial charge in [-0.1, -0.05) is 37.5 Å². The van der Waals surface area contributed by atoms with E-state index in [9.17, 15) is 14.4 Å². The van der Waals surface area contributed by atoms with Crippen LogP contribution in [0.25, 0.3) is 10.9 Å². The quantitative estimate of drug-likeness (QED) is 0.690. The number of carbonyl (C=O) groups is 3. The van der Waals surface area contributed by atoms with E-state index in [1.54, 1.807) is 18.1 Å². The highest BCUT2D eigenvalue weighted by atomic mass is 16.2. The SMILES string of the molecule is CN1C(=O)N(CC(=O)c2c[nH]c3ccccc23)C(=O)C12CCCCC2. The third-order valence-corrected chi connectivity index (χ3v) is 5.68. The molecule has 6 heteroatoms. The van der Waals surface area contributed by atoms with E-state index in [1.807, 2.05) is 24.3 Å². The van der Waals surface area contributed by atoms with Crippen molar-refractivity contribution in [3.05, 3.63) is 36.0 Å². The summed E-state index contributed by atoms with van der Waals surface area (Å²) in [5, 5.41) is 0.812. The lowest BCUT2D eigenvalue weighted by Gasteiger charge is -2.35. The molecule has 1 aliphatic carbocycles. The number of likely N-dealkylation sites (N-methyl/N-ethyl adjacent to an activating group) is 1. The number of benzene rings is 1. The van der Waals surface area contributed by atoms with Gasteiger partial charge in [0.15, 0.2) is 5.78 Å². The molecule has 3 amide bonds. The fraction of sp³-hybridized carbons (Fsp3) is 0.421. The Labute approximate surface area is 145 Å². The molecule has 1 aliphatic heterocycles. The minimum atomic E-state index is -0.740. The van der Waals surface area contributed by atoms with Crippen molar-refractivity contribution in [3.63, 3.8) is 0 Å². The lowest BCUT2D eigenvalue weighted by atomic mass is 9.80. The van der Waals surface area contributed by atoms with Crippen LogP contribution in [0.4, 0.5) is 4.79 Å². The molecule has 1 aromatic heterocycles. The number of aromatic nitrogens is 1. The van der Waals surface area contributed by atoms with E-state index in [1.165, 1.54) is 0 Å². The maximum Gasteiger partial charge on any atom is 0.327 e. The van der Waals surface area contributed by atoms with Gasteiger partial charge < -0.3 is 9.88 Å². The molecule has 2 aliphatic rings. The Morgan fingerprint density at radius 2 is 1.88 bits per heavy atom. The van der Waals surface area contributed by atoms with Gasteiger partial charge in [-0.2, -0.15) is 0 Å². The number of ketones is 1. The number of urea groups is 1. The minimum absolute atomic E-state index is 0.203. The maximum atomic E-state index is 13.0. The summed E-state index contributed by atoms with van der Waals surface area (Å²) in [6, 6.07) is 7.15. The molecule has 1 N–H and O–H groups in total. The summed E-state index contributed by atoms with van der Waals surface area (Å²) in [7, 11) is 1.68. The van der Waals surface area contributed by atoms with Crippen LogP contribution >= 0.6 is 0 Å². The monoisotopic (exact) mass is 339 g/mol. The van der Waals surface area contributed by atoms with Gasteiger partial charge in [0.05, 0.1) is 6.54 Å². The third kappa shape index (κ3) is 2.27. The molecule has 0 atom stereocenters. The number of aromatic amines is 1. The number of nitrogens with zero attached hydrogens (tertiary/aromatic N) is 2. The molecule has 1 saturated carbocycles. The van der Waals surface area contributed by atoms with Crippen LogP contribution in [0.3, 0.4) is 0 Å². The molecule has 0 unspecified atom stereocenters. The average molecular weight is 339 g/mol. The predicted molar refractivity (Wildman–Crippen MR) is 93.3 cm³/mol. The van der Waals surface area contributed by atoms with E-state index in [4.69, 9.17) is 0 Å². The normalized spacial score (nSPS) is 20.0. The molecular formula is C19H21N3O3. The van der Waals surface area contributed by atoms with Crippen molar-refractivity contribution in [1.82, 2.24) is 14.8 Å². The van der Waals surface area contributed by atoms with Crippen LogP contribution in [-0.4, -0.2) is 51.6 Å². The first-order chi connectivity index (χ1) is 12.0. The topological polar surface area (TPSA) is 73.5 Å². The van der Waals surface area contributed by atoms with Crippen molar-refractivity contribution in [1.29, 1.82) is 0 Å². The van der Waals surface area contributed by atoms with Crippen LogP contribution in [0.2, 0.25) is 0 Å².